The second kappa shape index (κ2) is 8.39. The summed E-state index contributed by atoms with van der Waals surface area (Å²) in [4.78, 5) is 30.5. The topological polar surface area (TPSA) is 74.4 Å². The maximum atomic E-state index is 12.9. The number of ether oxygens (including phenoxy) is 1. The summed E-state index contributed by atoms with van der Waals surface area (Å²) >= 11 is 0. The number of benzene rings is 2. The standard InChI is InChI=1S/C23H25N3O3/c1-29-20-7-4-16(5-8-20)14-25-22(27)19-3-2-12-26(15-19)23(28)18-6-9-21-17(13-18)10-11-24-21/h4-11,13,19,24H,2-3,12,14-15H2,1H3,(H,25,27). The van der Waals surface area contributed by atoms with Crippen molar-refractivity contribution in [2.75, 3.05) is 20.2 Å². The van der Waals surface area contributed by atoms with Crippen LogP contribution in [0.25, 0.3) is 10.9 Å². The molecular weight excluding hydrogens is 366 g/mol. The van der Waals surface area contributed by atoms with Gasteiger partial charge in [-0.1, -0.05) is 12.1 Å². The third kappa shape index (κ3) is 4.26. The number of carbonyl (C=O) groups excluding carboxylic acids is 2. The first-order valence-electron chi connectivity index (χ1n) is 9.91. The summed E-state index contributed by atoms with van der Waals surface area (Å²) in [6.45, 7) is 1.61. The number of carbonyl (C=O) groups is 2. The molecule has 0 saturated carbocycles. The van der Waals surface area contributed by atoms with E-state index in [4.69, 9.17) is 4.74 Å². The molecule has 1 atom stereocenters. The first-order valence-corrected chi connectivity index (χ1v) is 9.91. The van der Waals surface area contributed by atoms with Crippen molar-refractivity contribution >= 4 is 22.7 Å². The molecule has 1 fully saturated rings. The zero-order valence-electron chi connectivity index (χ0n) is 16.5. The van der Waals surface area contributed by atoms with Gasteiger partial charge in [-0.05, 0) is 54.8 Å². The van der Waals surface area contributed by atoms with Crippen molar-refractivity contribution in [1.29, 1.82) is 0 Å². The Labute approximate surface area is 169 Å². The Morgan fingerprint density at radius 3 is 2.79 bits per heavy atom. The van der Waals surface area contributed by atoms with Crippen LogP contribution in [0.2, 0.25) is 0 Å². The second-order valence-corrected chi connectivity index (χ2v) is 7.44. The average molecular weight is 391 g/mol. The van der Waals surface area contributed by atoms with Crippen molar-refractivity contribution in [2.45, 2.75) is 19.4 Å². The predicted molar refractivity (Wildman–Crippen MR) is 112 cm³/mol. The highest BCUT2D eigenvalue weighted by molar-refractivity contribution is 5.98. The summed E-state index contributed by atoms with van der Waals surface area (Å²) in [5, 5.41) is 4.02. The lowest BCUT2D eigenvalue weighted by atomic mass is 9.96. The number of piperidine rings is 1. The number of nitrogens with zero attached hydrogens (tertiary/aromatic N) is 1. The lowest BCUT2D eigenvalue weighted by molar-refractivity contribution is -0.126. The molecule has 2 aromatic carbocycles. The van der Waals surface area contributed by atoms with Crippen LogP contribution < -0.4 is 10.1 Å². The maximum absolute atomic E-state index is 12.9. The van der Waals surface area contributed by atoms with E-state index in [2.05, 4.69) is 10.3 Å². The quantitative estimate of drug-likeness (QED) is 0.700. The van der Waals surface area contributed by atoms with E-state index in [1.807, 2.05) is 54.7 Å². The Bertz CT molecular complexity index is 1010. The van der Waals surface area contributed by atoms with E-state index in [1.165, 1.54) is 0 Å². The zero-order valence-corrected chi connectivity index (χ0v) is 16.5. The van der Waals surface area contributed by atoms with Gasteiger partial charge in [0.25, 0.3) is 5.91 Å². The lowest BCUT2D eigenvalue weighted by Gasteiger charge is -2.32. The van der Waals surface area contributed by atoms with E-state index in [-0.39, 0.29) is 17.7 Å². The highest BCUT2D eigenvalue weighted by Gasteiger charge is 2.28. The smallest absolute Gasteiger partial charge is 0.253 e. The molecular formula is C23H25N3O3. The van der Waals surface area contributed by atoms with Gasteiger partial charge in [-0.3, -0.25) is 9.59 Å². The molecule has 0 spiro atoms. The van der Waals surface area contributed by atoms with Crippen LogP contribution in [0, 0.1) is 5.92 Å². The highest BCUT2D eigenvalue weighted by Crippen LogP contribution is 2.21. The van der Waals surface area contributed by atoms with Gasteiger partial charge in [0.2, 0.25) is 5.91 Å². The SMILES string of the molecule is COc1ccc(CNC(=O)C2CCCN(C(=O)c3ccc4[nH]ccc4c3)C2)cc1. The zero-order chi connectivity index (χ0) is 20.2. The Balaban J connectivity index is 1.36. The van der Waals surface area contributed by atoms with Crippen LogP contribution in [0.3, 0.4) is 0 Å². The van der Waals surface area contributed by atoms with E-state index in [1.54, 1.807) is 12.0 Å². The van der Waals surface area contributed by atoms with Crippen LogP contribution in [0.5, 0.6) is 5.75 Å². The molecule has 29 heavy (non-hydrogen) atoms. The normalized spacial score (nSPS) is 16.6. The number of fused-ring (bicyclic) bond motifs is 1. The third-order valence-electron chi connectivity index (χ3n) is 5.51. The molecule has 2 amide bonds. The minimum atomic E-state index is -0.179. The number of likely N-dealkylation sites (tertiary alicyclic amines) is 1. The van der Waals surface area contributed by atoms with Crippen molar-refractivity contribution in [3.8, 4) is 5.75 Å². The highest BCUT2D eigenvalue weighted by atomic mass is 16.5. The van der Waals surface area contributed by atoms with Crippen LogP contribution in [-0.2, 0) is 11.3 Å². The maximum Gasteiger partial charge on any atom is 0.253 e. The lowest BCUT2D eigenvalue weighted by Crippen LogP contribution is -2.45. The summed E-state index contributed by atoms with van der Waals surface area (Å²) in [6, 6.07) is 15.3. The molecule has 6 heteroatoms. The number of amides is 2. The Kier molecular flexibility index (Phi) is 5.51. The number of hydrogen-bond acceptors (Lipinski definition) is 3. The van der Waals surface area contributed by atoms with E-state index in [0.29, 0.717) is 25.2 Å². The molecule has 1 saturated heterocycles. The van der Waals surface area contributed by atoms with Crippen LogP contribution in [0.1, 0.15) is 28.8 Å². The van der Waals surface area contributed by atoms with E-state index >= 15 is 0 Å². The molecule has 0 bridgehead atoms. The summed E-state index contributed by atoms with van der Waals surface area (Å²) in [6.07, 6.45) is 3.50. The van der Waals surface area contributed by atoms with Crippen molar-refractivity contribution in [3.63, 3.8) is 0 Å². The van der Waals surface area contributed by atoms with Crippen molar-refractivity contribution < 1.29 is 14.3 Å². The van der Waals surface area contributed by atoms with Crippen molar-refractivity contribution in [3.05, 3.63) is 65.9 Å². The van der Waals surface area contributed by atoms with Crippen LogP contribution in [0.4, 0.5) is 0 Å². The van der Waals surface area contributed by atoms with E-state index < -0.39 is 0 Å². The van der Waals surface area contributed by atoms with E-state index in [0.717, 1.165) is 35.1 Å². The van der Waals surface area contributed by atoms with Gasteiger partial charge >= 0.3 is 0 Å². The molecule has 2 N–H and O–H groups in total. The molecule has 1 aliphatic rings. The minimum absolute atomic E-state index is 0.000551. The average Bonchev–Trinajstić information content (AvgIpc) is 3.25. The monoisotopic (exact) mass is 391 g/mol. The number of methoxy groups -OCH3 is 1. The Morgan fingerprint density at radius 2 is 2.00 bits per heavy atom. The van der Waals surface area contributed by atoms with E-state index in [9.17, 15) is 9.59 Å². The first kappa shape index (κ1) is 19.1. The largest absolute Gasteiger partial charge is 0.497 e. The molecule has 1 unspecified atom stereocenters. The summed E-state index contributed by atoms with van der Waals surface area (Å²) < 4.78 is 5.15. The molecule has 6 nitrogen and oxygen atoms in total. The van der Waals surface area contributed by atoms with Gasteiger partial charge in [0, 0.05) is 42.3 Å². The summed E-state index contributed by atoms with van der Waals surface area (Å²) in [7, 11) is 1.63. The first-order chi connectivity index (χ1) is 14.1. The second-order valence-electron chi connectivity index (χ2n) is 7.44. The molecule has 0 radical (unpaired) electrons. The minimum Gasteiger partial charge on any atom is -0.497 e. The van der Waals surface area contributed by atoms with Gasteiger partial charge in [0.1, 0.15) is 5.75 Å². The fourth-order valence-corrected chi connectivity index (χ4v) is 3.82. The van der Waals surface area contributed by atoms with Gasteiger partial charge in [0.05, 0.1) is 13.0 Å². The third-order valence-corrected chi connectivity index (χ3v) is 5.51. The van der Waals surface area contributed by atoms with Crippen molar-refractivity contribution in [2.24, 2.45) is 5.92 Å². The summed E-state index contributed by atoms with van der Waals surface area (Å²) in [5.41, 5.74) is 2.69. The number of aromatic amines is 1. The Hall–Kier alpha value is -3.28. The summed E-state index contributed by atoms with van der Waals surface area (Å²) in [5.74, 6) is 0.599. The number of rotatable bonds is 5. The van der Waals surface area contributed by atoms with Crippen molar-refractivity contribution in [1.82, 2.24) is 15.2 Å². The van der Waals surface area contributed by atoms with Gasteiger partial charge in [-0.15, -0.1) is 0 Å². The molecule has 150 valence electrons. The molecule has 2 heterocycles. The van der Waals surface area contributed by atoms with Crippen LogP contribution in [-0.4, -0.2) is 41.9 Å². The van der Waals surface area contributed by atoms with Gasteiger partial charge in [0.15, 0.2) is 0 Å². The van der Waals surface area contributed by atoms with Crippen LogP contribution in [0.15, 0.2) is 54.7 Å². The predicted octanol–water partition coefficient (Wildman–Crippen LogP) is 3.35. The fraction of sp³-hybridized carbons (Fsp3) is 0.304. The van der Waals surface area contributed by atoms with Crippen LogP contribution >= 0.6 is 0 Å². The Morgan fingerprint density at radius 1 is 1.17 bits per heavy atom. The van der Waals surface area contributed by atoms with Gasteiger partial charge in [-0.2, -0.15) is 0 Å². The molecule has 0 aliphatic carbocycles. The van der Waals surface area contributed by atoms with Gasteiger partial charge in [-0.25, -0.2) is 0 Å². The fourth-order valence-electron chi connectivity index (χ4n) is 3.82. The number of H-pyrrole nitrogens is 1. The molecule has 4 rings (SSSR count). The molecule has 1 aromatic heterocycles. The number of aromatic nitrogens is 1. The number of nitrogens with one attached hydrogen (secondary N) is 2. The number of hydrogen-bond donors (Lipinski definition) is 2. The molecule has 1 aliphatic heterocycles. The van der Waals surface area contributed by atoms with Gasteiger partial charge < -0.3 is 19.9 Å². The molecule has 3 aromatic rings.